The summed E-state index contributed by atoms with van der Waals surface area (Å²) in [7, 11) is 0. The molecular weight excluding hydrogens is 309 g/mol. The molecule has 0 aromatic heterocycles. The molecule has 1 amide bonds. The lowest BCUT2D eigenvalue weighted by Crippen LogP contribution is -2.29. The van der Waals surface area contributed by atoms with Gasteiger partial charge in [0, 0.05) is 24.0 Å². The number of ether oxygens (including phenoxy) is 1. The number of fused-ring (bicyclic) bond motifs is 1. The fourth-order valence-electron chi connectivity index (χ4n) is 2.74. The molecule has 124 valence electrons. The minimum Gasteiger partial charge on any atom is -0.491 e. The van der Waals surface area contributed by atoms with Crippen molar-refractivity contribution < 1.29 is 18.7 Å². The summed E-state index contributed by atoms with van der Waals surface area (Å²) >= 11 is 0. The summed E-state index contributed by atoms with van der Waals surface area (Å²) < 4.78 is 18.4. The van der Waals surface area contributed by atoms with Gasteiger partial charge in [0.25, 0.3) is 0 Å². The van der Waals surface area contributed by atoms with Crippen LogP contribution in [0.3, 0.4) is 0 Å². The average molecular weight is 327 g/mol. The minimum atomic E-state index is -0.370. The summed E-state index contributed by atoms with van der Waals surface area (Å²) in [6.07, 6.45) is 0.986. The topological polar surface area (TPSA) is 55.4 Å². The minimum absolute atomic E-state index is 0.0858. The highest BCUT2D eigenvalue weighted by Crippen LogP contribution is 2.31. The van der Waals surface area contributed by atoms with Gasteiger partial charge in [-0.2, -0.15) is 0 Å². The van der Waals surface area contributed by atoms with E-state index in [-0.39, 0.29) is 36.4 Å². The van der Waals surface area contributed by atoms with Gasteiger partial charge >= 0.3 is 0 Å². The van der Waals surface area contributed by atoms with E-state index in [1.807, 2.05) is 24.3 Å². The van der Waals surface area contributed by atoms with E-state index in [0.29, 0.717) is 18.6 Å². The van der Waals surface area contributed by atoms with E-state index in [4.69, 9.17) is 4.74 Å². The molecule has 5 heteroatoms. The summed E-state index contributed by atoms with van der Waals surface area (Å²) in [6, 6.07) is 12.9. The number of halogens is 1. The van der Waals surface area contributed by atoms with Crippen molar-refractivity contribution >= 4 is 11.7 Å². The van der Waals surface area contributed by atoms with Crippen LogP contribution in [-0.4, -0.2) is 18.3 Å². The average Bonchev–Trinajstić information content (AvgIpc) is 2.98. The van der Waals surface area contributed by atoms with Gasteiger partial charge in [0.05, 0.1) is 6.04 Å². The number of benzene rings is 2. The zero-order valence-corrected chi connectivity index (χ0v) is 13.1. The van der Waals surface area contributed by atoms with Crippen LogP contribution < -0.4 is 10.1 Å². The molecule has 0 unspecified atom stereocenters. The molecule has 0 fully saturated rings. The van der Waals surface area contributed by atoms with E-state index in [1.165, 1.54) is 24.3 Å². The lowest BCUT2D eigenvalue weighted by atomic mass is 10.0. The molecule has 1 aliphatic rings. The SMILES string of the molecule is O=C(CCCC(=O)c1ccc(F)cc1)N[C@@H]1COc2ccccc21. The van der Waals surface area contributed by atoms with Crippen molar-refractivity contribution in [1.29, 1.82) is 0 Å². The standard InChI is InChI=1S/C19H18FNO3/c20-14-10-8-13(9-11-14)17(22)5-3-7-19(23)21-16-12-24-18-6-2-1-4-15(16)18/h1-2,4,6,8-11,16H,3,5,7,12H2,(H,21,23)/t16-/m1/s1. The third kappa shape index (κ3) is 3.79. The first-order valence-electron chi connectivity index (χ1n) is 7.93. The van der Waals surface area contributed by atoms with E-state index in [9.17, 15) is 14.0 Å². The molecule has 4 nitrogen and oxygen atoms in total. The number of rotatable bonds is 6. The van der Waals surface area contributed by atoms with Crippen LogP contribution >= 0.6 is 0 Å². The summed E-state index contributed by atoms with van der Waals surface area (Å²) in [5.41, 5.74) is 1.45. The number of carbonyl (C=O) groups is 2. The Morgan fingerprint density at radius 1 is 1.08 bits per heavy atom. The first-order chi connectivity index (χ1) is 11.6. The van der Waals surface area contributed by atoms with Crippen molar-refractivity contribution in [3.8, 4) is 5.75 Å². The molecule has 1 heterocycles. The van der Waals surface area contributed by atoms with Gasteiger partial charge in [0.1, 0.15) is 18.2 Å². The summed E-state index contributed by atoms with van der Waals surface area (Å²) in [6.45, 7) is 0.430. The predicted octanol–water partition coefficient (Wildman–Crippen LogP) is 3.43. The predicted molar refractivity (Wildman–Crippen MR) is 87.4 cm³/mol. The lowest BCUT2D eigenvalue weighted by Gasteiger charge is -2.11. The maximum Gasteiger partial charge on any atom is 0.220 e. The number of hydrogen-bond acceptors (Lipinski definition) is 3. The molecule has 3 rings (SSSR count). The Bertz CT molecular complexity index is 743. The van der Waals surface area contributed by atoms with Crippen molar-refractivity contribution in [3.05, 3.63) is 65.5 Å². The molecule has 1 N–H and O–H groups in total. The highest BCUT2D eigenvalue weighted by atomic mass is 19.1. The van der Waals surface area contributed by atoms with Crippen LogP contribution in [0.15, 0.2) is 48.5 Å². The molecule has 24 heavy (non-hydrogen) atoms. The van der Waals surface area contributed by atoms with Crippen molar-refractivity contribution in [2.45, 2.75) is 25.3 Å². The van der Waals surface area contributed by atoms with Crippen LogP contribution in [0.2, 0.25) is 0 Å². The molecular formula is C19H18FNO3. The second kappa shape index (κ2) is 7.25. The first-order valence-corrected chi connectivity index (χ1v) is 7.93. The molecule has 2 aromatic carbocycles. The molecule has 2 aromatic rings. The molecule has 0 radical (unpaired) electrons. The maximum absolute atomic E-state index is 12.8. The van der Waals surface area contributed by atoms with E-state index in [1.54, 1.807) is 0 Å². The molecule has 1 aliphatic heterocycles. The molecule has 0 bridgehead atoms. The number of carbonyl (C=O) groups excluding carboxylic acids is 2. The van der Waals surface area contributed by atoms with E-state index in [0.717, 1.165) is 11.3 Å². The van der Waals surface area contributed by atoms with Crippen LogP contribution in [0.5, 0.6) is 5.75 Å². The van der Waals surface area contributed by atoms with Crippen LogP contribution in [-0.2, 0) is 4.79 Å². The monoisotopic (exact) mass is 327 g/mol. The number of nitrogens with one attached hydrogen (secondary N) is 1. The van der Waals surface area contributed by atoms with E-state index in [2.05, 4.69) is 5.32 Å². The van der Waals surface area contributed by atoms with Gasteiger partial charge in [-0.1, -0.05) is 18.2 Å². The zero-order valence-electron chi connectivity index (χ0n) is 13.1. The van der Waals surface area contributed by atoms with Gasteiger partial charge in [-0.3, -0.25) is 9.59 Å². The van der Waals surface area contributed by atoms with Gasteiger partial charge in [-0.25, -0.2) is 4.39 Å². The number of amides is 1. The number of ketones is 1. The largest absolute Gasteiger partial charge is 0.491 e. The Balaban J connectivity index is 1.45. The van der Waals surface area contributed by atoms with Crippen molar-refractivity contribution in [3.63, 3.8) is 0 Å². The number of para-hydroxylation sites is 1. The highest BCUT2D eigenvalue weighted by Gasteiger charge is 2.24. The Morgan fingerprint density at radius 3 is 2.62 bits per heavy atom. The lowest BCUT2D eigenvalue weighted by molar-refractivity contribution is -0.122. The molecule has 0 spiro atoms. The molecule has 0 aliphatic carbocycles. The second-order valence-electron chi connectivity index (χ2n) is 5.75. The zero-order chi connectivity index (χ0) is 16.9. The third-order valence-corrected chi connectivity index (χ3v) is 4.01. The fraction of sp³-hybridized carbons (Fsp3) is 0.263. The van der Waals surface area contributed by atoms with Crippen LogP contribution in [0.4, 0.5) is 4.39 Å². The Labute approximate surface area is 139 Å². The second-order valence-corrected chi connectivity index (χ2v) is 5.75. The van der Waals surface area contributed by atoms with E-state index >= 15 is 0 Å². The summed E-state index contributed by atoms with van der Waals surface area (Å²) in [5.74, 6) is 0.240. The smallest absolute Gasteiger partial charge is 0.220 e. The van der Waals surface area contributed by atoms with Crippen LogP contribution in [0.1, 0.15) is 41.2 Å². The van der Waals surface area contributed by atoms with Crippen LogP contribution in [0.25, 0.3) is 0 Å². The maximum atomic E-state index is 12.8. The molecule has 1 atom stereocenters. The van der Waals surface area contributed by atoms with Gasteiger partial charge in [0.2, 0.25) is 5.91 Å². The van der Waals surface area contributed by atoms with Gasteiger partial charge in [-0.15, -0.1) is 0 Å². The fourth-order valence-corrected chi connectivity index (χ4v) is 2.74. The Morgan fingerprint density at radius 2 is 1.83 bits per heavy atom. The van der Waals surface area contributed by atoms with Crippen LogP contribution in [0, 0.1) is 5.82 Å². The highest BCUT2D eigenvalue weighted by molar-refractivity contribution is 5.96. The van der Waals surface area contributed by atoms with Crippen molar-refractivity contribution in [1.82, 2.24) is 5.32 Å². The number of Topliss-reactive ketones (excluding diaryl/α,β-unsaturated/α-hetero) is 1. The normalized spacial score (nSPS) is 15.5. The van der Waals surface area contributed by atoms with Gasteiger partial charge in [0.15, 0.2) is 5.78 Å². The van der Waals surface area contributed by atoms with E-state index < -0.39 is 0 Å². The van der Waals surface area contributed by atoms with Crippen molar-refractivity contribution in [2.24, 2.45) is 0 Å². The van der Waals surface area contributed by atoms with Gasteiger partial charge in [-0.05, 0) is 36.8 Å². The van der Waals surface area contributed by atoms with Crippen molar-refractivity contribution in [2.75, 3.05) is 6.61 Å². The van der Waals surface area contributed by atoms with Gasteiger partial charge < -0.3 is 10.1 Å². The number of hydrogen-bond donors (Lipinski definition) is 1. The first kappa shape index (κ1) is 16.2. The summed E-state index contributed by atoms with van der Waals surface area (Å²) in [4.78, 5) is 24.0. The quantitative estimate of drug-likeness (QED) is 0.827. The Kier molecular flexibility index (Phi) is 4.89. The Hall–Kier alpha value is -2.69. The summed E-state index contributed by atoms with van der Waals surface area (Å²) in [5, 5.41) is 2.93. The molecule has 0 saturated heterocycles. The molecule has 0 saturated carbocycles. The third-order valence-electron chi connectivity index (χ3n) is 4.01.